The summed E-state index contributed by atoms with van der Waals surface area (Å²) in [6, 6.07) is -0.0447. The number of ketones is 1. The molecule has 3 atom stereocenters. The Balaban J connectivity index is 1.92. The van der Waals surface area contributed by atoms with Crippen molar-refractivity contribution in [1.82, 2.24) is 0 Å². The smallest absolute Gasteiger partial charge is 0.137 e. The number of thioether (sulfide) groups is 1. The third-order valence-electron chi connectivity index (χ3n) is 4.55. The molecule has 2 heterocycles. The van der Waals surface area contributed by atoms with E-state index in [1.165, 1.54) is 5.75 Å². The Bertz CT molecular complexity index is 332. The Morgan fingerprint density at radius 1 is 1.53 bits per heavy atom. The average molecular weight is 285 g/mol. The molecule has 110 valence electrons. The van der Waals surface area contributed by atoms with Crippen molar-refractivity contribution in [3.8, 4) is 0 Å². The minimum atomic E-state index is -0.0447. The summed E-state index contributed by atoms with van der Waals surface area (Å²) in [7, 11) is 0. The second-order valence-corrected chi connectivity index (χ2v) is 8.27. The Kier molecular flexibility index (Phi) is 4.63. The zero-order valence-electron chi connectivity index (χ0n) is 12.4. The Morgan fingerprint density at radius 2 is 2.26 bits per heavy atom. The zero-order valence-corrected chi connectivity index (χ0v) is 13.2. The number of carbonyl (C=O) groups excluding carboxylic acids is 1. The molecule has 3 unspecified atom stereocenters. The first-order valence-corrected chi connectivity index (χ1v) is 8.48. The highest BCUT2D eigenvalue weighted by Crippen LogP contribution is 2.41. The predicted molar refractivity (Wildman–Crippen MR) is 80.4 cm³/mol. The molecule has 2 aliphatic heterocycles. The molecule has 0 amide bonds. The fourth-order valence-electron chi connectivity index (χ4n) is 2.86. The molecule has 2 rings (SSSR count). The molecule has 2 N–H and O–H groups in total. The number of nitrogens with two attached hydrogens (primary N) is 1. The molecule has 0 aromatic heterocycles. The maximum atomic E-state index is 12.5. The van der Waals surface area contributed by atoms with Crippen LogP contribution in [0, 0.1) is 11.3 Å². The molecular weight excluding hydrogens is 258 g/mol. The number of hydrogen-bond acceptors (Lipinski definition) is 4. The molecule has 4 heteroatoms. The molecule has 0 aromatic rings. The molecule has 2 aliphatic rings. The minimum absolute atomic E-state index is 0.00171. The molecule has 0 aromatic carbocycles. The first-order chi connectivity index (χ1) is 8.82. The lowest BCUT2D eigenvalue weighted by atomic mass is 9.78. The molecule has 2 fully saturated rings. The summed E-state index contributed by atoms with van der Waals surface area (Å²) in [5, 5.41) is 0. The van der Waals surface area contributed by atoms with Crippen LogP contribution in [0.25, 0.3) is 0 Å². The molecule has 2 saturated heterocycles. The molecule has 19 heavy (non-hydrogen) atoms. The fraction of sp³-hybridized carbons (Fsp3) is 0.933. The highest BCUT2D eigenvalue weighted by molar-refractivity contribution is 7.99. The summed E-state index contributed by atoms with van der Waals surface area (Å²) < 4.78 is 5.97. The Labute approximate surface area is 121 Å². The molecule has 3 nitrogen and oxygen atoms in total. The summed E-state index contributed by atoms with van der Waals surface area (Å²) in [5.41, 5.74) is 6.14. The molecule has 0 bridgehead atoms. The van der Waals surface area contributed by atoms with Gasteiger partial charge in [-0.1, -0.05) is 20.8 Å². The number of carbonyl (C=O) groups is 1. The second-order valence-electron chi connectivity index (χ2n) is 7.17. The van der Waals surface area contributed by atoms with Gasteiger partial charge in [-0.25, -0.2) is 0 Å². The molecule has 1 spiro atoms. The highest BCUT2D eigenvalue weighted by atomic mass is 32.2. The third kappa shape index (κ3) is 3.73. The van der Waals surface area contributed by atoms with E-state index in [0.29, 0.717) is 12.2 Å². The molecule has 0 saturated carbocycles. The SMILES string of the molecule is CC(C)(C)C(N)CC(=O)C1CCOC2(CCSC2)C1. The van der Waals surface area contributed by atoms with Crippen molar-refractivity contribution >= 4 is 17.5 Å². The van der Waals surface area contributed by atoms with Crippen LogP contribution in [-0.2, 0) is 9.53 Å². The van der Waals surface area contributed by atoms with E-state index in [1.54, 1.807) is 0 Å². The van der Waals surface area contributed by atoms with Crippen molar-refractivity contribution in [2.75, 3.05) is 18.1 Å². The van der Waals surface area contributed by atoms with E-state index in [9.17, 15) is 4.79 Å². The van der Waals surface area contributed by atoms with Crippen LogP contribution in [0.3, 0.4) is 0 Å². The molecule has 0 aliphatic carbocycles. The topological polar surface area (TPSA) is 52.3 Å². The maximum absolute atomic E-state index is 12.5. The van der Waals surface area contributed by atoms with Crippen LogP contribution in [-0.4, -0.2) is 35.5 Å². The Hall–Kier alpha value is -0.0600. The summed E-state index contributed by atoms with van der Waals surface area (Å²) >= 11 is 1.95. The lowest BCUT2D eigenvalue weighted by Crippen LogP contribution is -2.44. The van der Waals surface area contributed by atoms with E-state index < -0.39 is 0 Å². The molecule has 0 radical (unpaired) electrons. The van der Waals surface area contributed by atoms with Gasteiger partial charge in [0.2, 0.25) is 0 Å². The summed E-state index contributed by atoms with van der Waals surface area (Å²) in [6.45, 7) is 7.04. The van der Waals surface area contributed by atoms with E-state index in [-0.39, 0.29) is 23.0 Å². The van der Waals surface area contributed by atoms with Gasteiger partial charge in [0.25, 0.3) is 0 Å². The van der Waals surface area contributed by atoms with E-state index in [0.717, 1.165) is 31.6 Å². The predicted octanol–water partition coefficient (Wildman–Crippen LogP) is 2.62. The lowest BCUT2D eigenvalue weighted by Gasteiger charge is -2.38. The maximum Gasteiger partial charge on any atom is 0.137 e. The number of ether oxygens (including phenoxy) is 1. The van der Waals surface area contributed by atoms with Gasteiger partial charge in [0, 0.05) is 30.7 Å². The largest absolute Gasteiger partial charge is 0.374 e. The number of hydrogen-bond donors (Lipinski definition) is 1. The van der Waals surface area contributed by atoms with E-state index >= 15 is 0 Å². The average Bonchev–Trinajstić information content (AvgIpc) is 2.76. The first-order valence-electron chi connectivity index (χ1n) is 7.32. The van der Waals surface area contributed by atoms with Crippen LogP contribution in [0.15, 0.2) is 0 Å². The van der Waals surface area contributed by atoms with Crippen LogP contribution in [0.4, 0.5) is 0 Å². The quantitative estimate of drug-likeness (QED) is 0.866. The first kappa shape index (κ1) is 15.3. The fourth-order valence-corrected chi connectivity index (χ4v) is 4.23. The van der Waals surface area contributed by atoms with Crippen LogP contribution in [0.2, 0.25) is 0 Å². The number of rotatable bonds is 3. The van der Waals surface area contributed by atoms with Gasteiger partial charge in [0.05, 0.1) is 5.60 Å². The van der Waals surface area contributed by atoms with E-state index in [4.69, 9.17) is 10.5 Å². The van der Waals surface area contributed by atoms with Crippen molar-refractivity contribution in [2.24, 2.45) is 17.1 Å². The highest BCUT2D eigenvalue weighted by Gasteiger charge is 2.42. The van der Waals surface area contributed by atoms with Gasteiger partial charge in [-0.05, 0) is 30.4 Å². The van der Waals surface area contributed by atoms with Gasteiger partial charge in [-0.3, -0.25) is 4.79 Å². The van der Waals surface area contributed by atoms with Crippen molar-refractivity contribution in [3.63, 3.8) is 0 Å². The summed E-state index contributed by atoms with van der Waals surface area (Å²) in [6.07, 6.45) is 3.40. The Morgan fingerprint density at radius 3 is 2.84 bits per heavy atom. The van der Waals surface area contributed by atoms with Gasteiger partial charge in [-0.2, -0.15) is 11.8 Å². The monoisotopic (exact) mass is 285 g/mol. The minimum Gasteiger partial charge on any atom is -0.374 e. The second kappa shape index (κ2) is 5.74. The van der Waals surface area contributed by atoms with Crippen LogP contribution in [0.5, 0.6) is 0 Å². The summed E-state index contributed by atoms with van der Waals surface area (Å²) in [4.78, 5) is 12.5. The zero-order chi connectivity index (χ0) is 14.1. The van der Waals surface area contributed by atoms with Crippen LogP contribution >= 0.6 is 11.8 Å². The van der Waals surface area contributed by atoms with E-state index in [2.05, 4.69) is 20.8 Å². The van der Waals surface area contributed by atoms with Gasteiger partial charge in [0.15, 0.2) is 0 Å². The van der Waals surface area contributed by atoms with Crippen molar-refractivity contribution < 1.29 is 9.53 Å². The van der Waals surface area contributed by atoms with E-state index in [1.807, 2.05) is 11.8 Å². The third-order valence-corrected chi connectivity index (χ3v) is 5.77. The number of Topliss-reactive ketones (excluding diaryl/α,β-unsaturated/α-hetero) is 1. The van der Waals surface area contributed by atoms with Gasteiger partial charge < -0.3 is 10.5 Å². The van der Waals surface area contributed by atoms with Crippen molar-refractivity contribution in [2.45, 2.75) is 58.1 Å². The normalized spacial score (nSPS) is 33.6. The van der Waals surface area contributed by atoms with Crippen LogP contribution < -0.4 is 5.73 Å². The van der Waals surface area contributed by atoms with Crippen molar-refractivity contribution in [3.05, 3.63) is 0 Å². The van der Waals surface area contributed by atoms with Crippen molar-refractivity contribution in [1.29, 1.82) is 0 Å². The molecular formula is C15H27NO2S. The van der Waals surface area contributed by atoms with Gasteiger partial charge in [0.1, 0.15) is 5.78 Å². The summed E-state index contributed by atoms with van der Waals surface area (Å²) in [5.74, 6) is 2.74. The standard InChI is InChI=1S/C15H27NO2S/c1-14(2,3)13(16)8-12(17)11-4-6-18-15(9-11)5-7-19-10-15/h11,13H,4-10,16H2,1-3H3. The lowest BCUT2D eigenvalue weighted by molar-refractivity contribution is -0.134. The van der Waals surface area contributed by atoms with Gasteiger partial charge in [-0.15, -0.1) is 0 Å². The van der Waals surface area contributed by atoms with Gasteiger partial charge >= 0.3 is 0 Å². The van der Waals surface area contributed by atoms with Crippen LogP contribution in [0.1, 0.15) is 46.5 Å².